The molecule has 0 aromatic carbocycles. The van der Waals surface area contributed by atoms with E-state index in [1.165, 1.54) is 24.4 Å². The van der Waals surface area contributed by atoms with Gasteiger partial charge >= 0.3 is 12.2 Å². The van der Waals surface area contributed by atoms with E-state index in [-0.39, 0.29) is 10.8 Å². The van der Waals surface area contributed by atoms with Crippen molar-refractivity contribution in [1.29, 1.82) is 0 Å². The topological polar surface area (TPSA) is 66.9 Å². The van der Waals surface area contributed by atoms with Crippen LogP contribution in [0.3, 0.4) is 0 Å². The van der Waals surface area contributed by atoms with Gasteiger partial charge in [0.1, 0.15) is 10.8 Å². The number of nitrogens with zero attached hydrogens (tertiary/aromatic N) is 2. The highest BCUT2D eigenvalue weighted by molar-refractivity contribution is 6.29. The summed E-state index contributed by atoms with van der Waals surface area (Å²) < 4.78 is 37.5. The number of rotatable bonds is 2. The minimum Gasteiger partial charge on any atom is -0.308 e. The number of halogens is 4. The van der Waals surface area contributed by atoms with E-state index >= 15 is 0 Å². The maximum Gasteiger partial charge on any atom is 0.433 e. The summed E-state index contributed by atoms with van der Waals surface area (Å²) in [7, 11) is 0. The Morgan fingerprint density at radius 1 is 1.05 bits per heavy atom. The maximum absolute atomic E-state index is 12.5. The number of alkyl halides is 3. The first-order valence-electron chi connectivity index (χ1n) is 5.57. The molecule has 110 valence electrons. The van der Waals surface area contributed by atoms with Crippen molar-refractivity contribution in [3.05, 3.63) is 47.5 Å². The minimum atomic E-state index is -4.58. The average Bonchev–Trinajstić information content (AvgIpc) is 2.37. The molecule has 2 rings (SSSR count). The number of amides is 2. The second-order valence-electron chi connectivity index (χ2n) is 3.87. The highest BCUT2D eigenvalue weighted by Crippen LogP contribution is 2.28. The quantitative estimate of drug-likeness (QED) is 0.828. The van der Waals surface area contributed by atoms with Gasteiger partial charge in [-0.3, -0.25) is 4.98 Å². The first-order valence-corrected chi connectivity index (χ1v) is 5.95. The molecule has 2 amide bonds. The van der Waals surface area contributed by atoms with E-state index < -0.39 is 17.9 Å². The third kappa shape index (κ3) is 4.32. The smallest absolute Gasteiger partial charge is 0.308 e. The Kier molecular flexibility index (Phi) is 4.27. The summed E-state index contributed by atoms with van der Waals surface area (Å²) in [6.07, 6.45) is -2.24. The number of carbonyl (C=O) groups is 1. The van der Waals surface area contributed by atoms with Crippen LogP contribution in [0.1, 0.15) is 5.69 Å². The fraction of sp³-hybridized carbons (Fsp3) is 0.0833. The third-order valence-corrected chi connectivity index (χ3v) is 2.50. The SMILES string of the molecule is O=C(Nc1ccnc(Cl)c1)Nc1ccnc(C(F)(F)F)c1. The van der Waals surface area contributed by atoms with Crippen molar-refractivity contribution >= 4 is 29.0 Å². The predicted molar refractivity (Wildman–Crippen MR) is 71.1 cm³/mol. The predicted octanol–water partition coefficient (Wildman–Crippen LogP) is 3.79. The van der Waals surface area contributed by atoms with Crippen LogP contribution >= 0.6 is 11.6 Å². The van der Waals surface area contributed by atoms with Gasteiger partial charge in [0.25, 0.3) is 0 Å². The van der Waals surface area contributed by atoms with E-state index in [1.807, 2.05) is 0 Å². The van der Waals surface area contributed by atoms with Crippen LogP contribution in [0.25, 0.3) is 0 Å². The van der Waals surface area contributed by atoms with Crippen molar-refractivity contribution in [2.45, 2.75) is 6.18 Å². The van der Waals surface area contributed by atoms with Crippen molar-refractivity contribution in [3.63, 3.8) is 0 Å². The molecule has 0 aliphatic heterocycles. The van der Waals surface area contributed by atoms with Crippen molar-refractivity contribution in [3.8, 4) is 0 Å². The zero-order chi connectivity index (χ0) is 15.5. The highest BCUT2D eigenvalue weighted by Gasteiger charge is 2.32. The van der Waals surface area contributed by atoms with Gasteiger partial charge in [0.2, 0.25) is 0 Å². The molecule has 21 heavy (non-hydrogen) atoms. The number of urea groups is 1. The molecule has 0 atom stereocenters. The molecule has 2 aromatic rings. The number of hydrogen-bond donors (Lipinski definition) is 2. The van der Waals surface area contributed by atoms with Crippen LogP contribution in [-0.4, -0.2) is 16.0 Å². The standard InChI is InChI=1S/C12H8ClF3N4O/c13-10-6-8(2-4-18-10)20-11(21)19-7-1-3-17-9(5-7)12(14,15)16/h1-6H,(H2,17,18,19,20,21). The molecule has 0 aliphatic rings. The number of pyridine rings is 2. The van der Waals surface area contributed by atoms with Crippen LogP contribution < -0.4 is 10.6 Å². The van der Waals surface area contributed by atoms with E-state index in [4.69, 9.17) is 11.6 Å². The average molecular weight is 317 g/mol. The van der Waals surface area contributed by atoms with Crippen LogP contribution in [-0.2, 0) is 6.18 Å². The van der Waals surface area contributed by atoms with Gasteiger partial charge in [-0.15, -0.1) is 0 Å². The number of hydrogen-bond acceptors (Lipinski definition) is 3. The molecule has 0 saturated heterocycles. The van der Waals surface area contributed by atoms with Crippen LogP contribution in [0.15, 0.2) is 36.7 Å². The number of nitrogens with one attached hydrogen (secondary N) is 2. The lowest BCUT2D eigenvalue weighted by Crippen LogP contribution is -2.20. The lowest BCUT2D eigenvalue weighted by molar-refractivity contribution is -0.141. The van der Waals surface area contributed by atoms with E-state index in [2.05, 4.69) is 20.6 Å². The Hall–Kier alpha value is -2.35. The van der Waals surface area contributed by atoms with Gasteiger partial charge in [-0.2, -0.15) is 13.2 Å². The van der Waals surface area contributed by atoms with Crippen molar-refractivity contribution in [1.82, 2.24) is 9.97 Å². The Labute approximate surface area is 122 Å². The van der Waals surface area contributed by atoms with Gasteiger partial charge in [0.05, 0.1) is 0 Å². The molecule has 9 heteroatoms. The normalized spacial score (nSPS) is 11.0. The molecule has 5 nitrogen and oxygen atoms in total. The monoisotopic (exact) mass is 316 g/mol. The van der Waals surface area contributed by atoms with Crippen LogP contribution in [0, 0.1) is 0 Å². The number of anilines is 2. The second kappa shape index (κ2) is 5.96. The molecule has 0 unspecified atom stereocenters. The number of carbonyl (C=O) groups excluding carboxylic acids is 1. The highest BCUT2D eigenvalue weighted by atomic mass is 35.5. The van der Waals surface area contributed by atoms with Gasteiger partial charge in [-0.25, -0.2) is 9.78 Å². The molecule has 2 heterocycles. The van der Waals surface area contributed by atoms with E-state index in [9.17, 15) is 18.0 Å². The first-order chi connectivity index (χ1) is 9.84. The molecular weight excluding hydrogens is 309 g/mol. The zero-order valence-electron chi connectivity index (χ0n) is 10.3. The molecule has 2 N–H and O–H groups in total. The Morgan fingerprint density at radius 2 is 1.62 bits per heavy atom. The Balaban J connectivity index is 2.06. The molecule has 0 saturated carbocycles. The van der Waals surface area contributed by atoms with Gasteiger partial charge in [-0.1, -0.05) is 11.6 Å². The summed E-state index contributed by atoms with van der Waals surface area (Å²) in [6, 6.07) is 4.15. The molecule has 0 fully saturated rings. The Morgan fingerprint density at radius 3 is 2.19 bits per heavy atom. The summed E-state index contributed by atoms with van der Waals surface area (Å²) in [6.45, 7) is 0. The zero-order valence-corrected chi connectivity index (χ0v) is 11.0. The summed E-state index contributed by atoms with van der Waals surface area (Å²) in [5, 5.41) is 4.86. The molecule has 0 radical (unpaired) electrons. The summed E-state index contributed by atoms with van der Waals surface area (Å²) in [5.41, 5.74) is -0.764. The van der Waals surface area contributed by atoms with E-state index in [0.29, 0.717) is 5.69 Å². The van der Waals surface area contributed by atoms with Crippen molar-refractivity contribution in [2.75, 3.05) is 10.6 Å². The molecule has 0 bridgehead atoms. The third-order valence-electron chi connectivity index (χ3n) is 2.29. The van der Waals surface area contributed by atoms with Crippen LogP contribution in [0.2, 0.25) is 5.15 Å². The molecule has 0 spiro atoms. The molecular formula is C12H8ClF3N4O. The lowest BCUT2D eigenvalue weighted by atomic mass is 10.3. The van der Waals surface area contributed by atoms with Gasteiger partial charge in [-0.05, 0) is 24.3 Å². The maximum atomic E-state index is 12.5. The first kappa shape index (κ1) is 15.0. The molecule has 2 aromatic heterocycles. The van der Waals surface area contributed by atoms with Gasteiger partial charge < -0.3 is 10.6 Å². The summed E-state index contributed by atoms with van der Waals surface area (Å²) in [5.74, 6) is 0. The Bertz CT molecular complexity index is 663. The van der Waals surface area contributed by atoms with Crippen LogP contribution in [0.5, 0.6) is 0 Å². The summed E-state index contributed by atoms with van der Waals surface area (Å²) >= 11 is 5.64. The van der Waals surface area contributed by atoms with Gasteiger partial charge in [0, 0.05) is 23.8 Å². The fourth-order valence-electron chi connectivity index (χ4n) is 1.44. The van der Waals surface area contributed by atoms with Crippen molar-refractivity contribution < 1.29 is 18.0 Å². The van der Waals surface area contributed by atoms with E-state index in [1.54, 1.807) is 0 Å². The second-order valence-corrected chi connectivity index (χ2v) is 4.26. The summed E-state index contributed by atoms with van der Waals surface area (Å²) in [4.78, 5) is 18.6. The van der Waals surface area contributed by atoms with Gasteiger partial charge in [0.15, 0.2) is 0 Å². The largest absolute Gasteiger partial charge is 0.433 e. The fourth-order valence-corrected chi connectivity index (χ4v) is 1.61. The van der Waals surface area contributed by atoms with Crippen LogP contribution in [0.4, 0.5) is 29.3 Å². The lowest BCUT2D eigenvalue weighted by Gasteiger charge is -2.10. The molecule has 0 aliphatic carbocycles. The van der Waals surface area contributed by atoms with E-state index in [0.717, 1.165) is 12.3 Å². The van der Waals surface area contributed by atoms with Crippen molar-refractivity contribution in [2.24, 2.45) is 0 Å². The number of aromatic nitrogens is 2. The minimum absolute atomic E-state index is 0.0324.